The fourth-order valence-electron chi connectivity index (χ4n) is 6.48. The molecule has 1 aromatic heterocycles. The van der Waals surface area contributed by atoms with E-state index in [4.69, 9.17) is 9.15 Å². The van der Waals surface area contributed by atoms with E-state index in [1.54, 1.807) is 21.9 Å². The Labute approximate surface area is 184 Å². The molecule has 2 amide bonds. The summed E-state index contributed by atoms with van der Waals surface area (Å²) < 4.78 is 10.8. The molecule has 7 nitrogen and oxygen atoms in total. The summed E-state index contributed by atoms with van der Waals surface area (Å²) in [5.74, 6) is 0.947. The number of hydrogen-bond donors (Lipinski definition) is 0. The van der Waals surface area contributed by atoms with Gasteiger partial charge in [-0.05, 0) is 62.5 Å². The molecule has 1 aliphatic heterocycles. The molecule has 8 heteroatoms. The van der Waals surface area contributed by atoms with Gasteiger partial charge >= 0.3 is 5.97 Å². The first-order chi connectivity index (χ1) is 14.4. The number of piperazine rings is 1. The number of furan rings is 1. The van der Waals surface area contributed by atoms with Crippen molar-refractivity contribution in [2.24, 2.45) is 17.3 Å². The van der Waals surface area contributed by atoms with Gasteiger partial charge in [0.2, 0.25) is 0 Å². The van der Waals surface area contributed by atoms with Crippen LogP contribution in [0.2, 0.25) is 0 Å². The van der Waals surface area contributed by atoms with E-state index in [1.165, 1.54) is 12.7 Å². The smallest absolute Gasteiger partial charge is 0.312 e. The van der Waals surface area contributed by atoms with Gasteiger partial charge in [0.25, 0.3) is 11.8 Å². The average Bonchev–Trinajstić information content (AvgIpc) is 3.24. The van der Waals surface area contributed by atoms with E-state index in [-0.39, 0.29) is 28.7 Å². The number of carbonyl (C=O) groups is 3. The zero-order valence-corrected chi connectivity index (χ0v) is 18.6. The van der Waals surface area contributed by atoms with Gasteiger partial charge in [-0.2, -0.15) is 0 Å². The summed E-state index contributed by atoms with van der Waals surface area (Å²) in [4.78, 5) is 41.3. The fourth-order valence-corrected chi connectivity index (χ4v) is 7.93. The van der Waals surface area contributed by atoms with Crippen molar-refractivity contribution in [2.45, 2.75) is 42.8 Å². The maximum absolute atomic E-state index is 13.0. The quantitative estimate of drug-likeness (QED) is 0.490. The lowest BCUT2D eigenvalue weighted by molar-refractivity contribution is -0.172. The molecule has 5 fully saturated rings. The molecule has 162 valence electrons. The molecule has 2 atom stereocenters. The van der Waals surface area contributed by atoms with Gasteiger partial charge in [0.15, 0.2) is 12.4 Å². The molecular weight excluding hydrogens is 452 g/mol. The van der Waals surface area contributed by atoms with Gasteiger partial charge in [0, 0.05) is 30.5 Å². The van der Waals surface area contributed by atoms with Gasteiger partial charge in [-0.3, -0.25) is 14.4 Å². The number of esters is 1. The van der Waals surface area contributed by atoms with Gasteiger partial charge in [0.1, 0.15) is 0 Å². The Morgan fingerprint density at radius 2 is 1.73 bits per heavy atom. The van der Waals surface area contributed by atoms with Gasteiger partial charge in [-0.25, -0.2) is 0 Å². The van der Waals surface area contributed by atoms with Crippen molar-refractivity contribution >= 4 is 33.7 Å². The average molecular weight is 479 g/mol. The molecule has 4 bridgehead atoms. The minimum atomic E-state index is -0.415. The molecule has 0 aromatic carbocycles. The van der Waals surface area contributed by atoms with Crippen molar-refractivity contribution in [1.29, 1.82) is 0 Å². The highest BCUT2D eigenvalue weighted by atomic mass is 79.9. The lowest BCUT2D eigenvalue weighted by atomic mass is 9.49. The van der Waals surface area contributed by atoms with E-state index in [0.29, 0.717) is 43.8 Å². The van der Waals surface area contributed by atoms with Crippen molar-refractivity contribution in [3.63, 3.8) is 0 Å². The van der Waals surface area contributed by atoms with E-state index >= 15 is 0 Å². The number of amides is 2. The van der Waals surface area contributed by atoms with Gasteiger partial charge in [-0.1, -0.05) is 15.9 Å². The van der Waals surface area contributed by atoms with Crippen LogP contribution in [0, 0.1) is 17.3 Å². The van der Waals surface area contributed by atoms with Crippen LogP contribution in [0.25, 0.3) is 0 Å². The molecule has 0 spiro atoms. The Kier molecular flexibility index (Phi) is 4.95. The van der Waals surface area contributed by atoms with Crippen LogP contribution >= 0.6 is 15.9 Å². The summed E-state index contributed by atoms with van der Waals surface area (Å²) in [5.41, 5.74) is -0.415. The third-order valence-electron chi connectivity index (χ3n) is 7.40. The van der Waals surface area contributed by atoms with Crippen LogP contribution in [0.15, 0.2) is 22.8 Å². The van der Waals surface area contributed by atoms with Crippen molar-refractivity contribution in [3.05, 3.63) is 24.2 Å². The van der Waals surface area contributed by atoms with Crippen LogP contribution in [-0.4, -0.2) is 64.7 Å². The highest BCUT2D eigenvalue weighted by Crippen LogP contribution is 2.64. The second kappa shape index (κ2) is 7.39. The van der Waals surface area contributed by atoms with Crippen LogP contribution in [0.1, 0.15) is 49.1 Å². The Morgan fingerprint density at radius 3 is 2.33 bits per heavy atom. The summed E-state index contributed by atoms with van der Waals surface area (Å²) in [6.07, 6.45) is 7.63. The molecule has 4 saturated carbocycles. The maximum Gasteiger partial charge on any atom is 0.312 e. The molecule has 0 radical (unpaired) electrons. The maximum atomic E-state index is 13.0. The topological polar surface area (TPSA) is 80.1 Å². The van der Waals surface area contributed by atoms with Crippen LogP contribution in [0.4, 0.5) is 0 Å². The van der Waals surface area contributed by atoms with Crippen LogP contribution in [-0.2, 0) is 14.3 Å². The first-order valence-corrected chi connectivity index (χ1v) is 11.6. The molecule has 2 heterocycles. The second-order valence-corrected chi connectivity index (χ2v) is 11.3. The van der Waals surface area contributed by atoms with E-state index in [9.17, 15) is 14.4 Å². The molecule has 5 aliphatic rings. The van der Waals surface area contributed by atoms with Crippen LogP contribution < -0.4 is 0 Å². The number of halogens is 1. The molecule has 0 N–H and O–H groups in total. The minimum absolute atomic E-state index is 0.0803. The largest absolute Gasteiger partial charge is 0.459 e. The Hall–Kier alpha value is -1.83. The second-order valence-electron chi connectivity index (χ2n) is 9.62. The fraction of sp³-hybridized carbons (Fsp3) is 0.682. The Balaban J connectivity index is 1.13. The lowest BCUT2D eigenvalue weighted by Gasteiger charge is -2.58. The molecule has 1 saturated heterocycles. The normalized spacial score (nSPS) is 34.8. The Bertz CT molecular complexity index is 832. The first-order valence-electron chi connectivity index (χ1n) is 10.8. The summed E-state index contributed by atoms with van der Waals surface area (Å²) in [6.45, 7) is 1.54. The Morgan fingerprint density at radius 1 is 1.07 bits per heavy atom. The first kappa shape index (κ1) is 20.1. The summed E-state index contributed by atoms with van der Waals surface area (Å²) in [6, 6.07) is 3.32. The summed E-state index contributed by atoms with van der Waals surface area (Å²) in [7, 11) is 0. The number of alkyl halides is 1. The highest BCUT2D eigenvalue weighted by molar-refractivity contribution is 9.10. The van der Waals surface area contributed by atoms with Crippen molar-refractivity contribution in [3.8, 4) is 0 Å². The highest BCUT2D eigenvalue weighted by Gasteiger charge is 2.60. The molecule has 6 rings (SSSR count). The molecule has 30 heavy (non-hydrogen) atoms. The zero-order chi connectivity index (χ0) is 20.9. The summed E-state index contributed by atoms with van der Waals surface area (Å²) >= 11 is 3.91. The molecule has 2 unspecified atom stereocenters. The van der Waals surface area contributed by atoms with E-state index in [2.05, 4.69) is 15.9 Å². The van der Waals surface area contributed by atoms with E-state index in [1.807, 2.05) is 0 Å². The van der Waals surface area contributed by atoms with Crippen molar-refractivity contribution in [1.82, 2.24) is 9.80 Å². The predicted octanol–water partition coefficient (Wildman–Crippen LogP) is 2.84. The number of rotatable bonds is 4. The van der Waals surface area contributed by atoms with Gasteiger partial charge < -0.3 is 19.0 Å². The van der Waals surface area contributed by atoms with E-state index < -0.39 is 5.41 Å². The van der Waals surface area contributed by atoms with Crippen molar-refractivity contribution < 1.29 is 23.5 Å². The third-order valence-corrected chi connectivity index (χ3v) is 8.33. The third kappa shape index (κ3) is 3.57. The minimum Gasteiger partial charge on any atom is -0.459 e. The monoisotopic (exact) mass is 478 g/mol. The molecule has 1 aromatic rings. The standard InChI is InChI=1S/C22H27BrN2O5/c23-22-11-15-8-16(12-22)10-21(9-15,14-22)20(28)30-13-18(26)24-3-5-25(6-4-24)19(27)17-2-1-7-29-17/h1-2,7,15-16H,3-6,8-14H2. The number of nitrogens with zero attached hydrogens (tertiary/aromatic N) is 2. The lowest BCUT2D eigenvalue weighted by Crippen LogP contribution is -2.56. The van der Waals surface area contributed by atoms with Crippen LogP contribution in [0.5, 0.6) is 0 Å². The SMILES string of the molecule is O=C(COC(=O)C12CC3CC(CC(Br)(C3)C1)C2)N1CCN(C(=O)c2ccco2)CC1. The van der Waals surface area contributed by atoms with E-state index in [0.717, 1.165) is 32.1 Å². The van der Waals surface area contributed by atoms with Gasteiger partial charge in [0.05, 0.1) is 11.7 Å². The summed E-state index contributed by atoms with van der Waals surface area (Å²) in [5, 5.41) is 0. The number of hydrogen-bond acceptors (Lipinski definition) is 5. The zero-order valence-electron chi connectivity index (χ0n) is 17.0. The predicted molar refractivity (Wildman–Crippen MR) is 111 cm³/mol. The number of ether oxygens (including phenoxy) is 1. The molecular formula is C22H27BrN2O5. The van der Waals surface area contributed by atoms with Crippen LogP contribution in [0.3, 0.4) is 0 Å². The van der Waals surface area contributed by atoms with Crippen molar-refractivity contribution in [2.75, 3.05) is 32.8 Å². The van der Waals surface area contributed by atoms with Gasteiger partial charge in [-0.15, -0.1) is 0 Å². The molecule has 4 aliphatic carbocycles. The number of carbonyl (C=O) groups excluding carboxylic acids is 3.